The summed E-state index contributed by atoms with van der Waals surface area (Å²) in [5.74, 6) is -0.402. The van der Waals surface area contributed by atoms with Crippen molar-refractivity contribution < 1.29 is 9.59 Å². The maximum absolute atomic E-state index is 12.3. The van der Waals surface area contributed by atoms with Crippen molar-refractivity contribution in [1.82, 2.24) is 10.3 Å². The Morgan fingerprint density at radius 3 is 2.77 bits per heavy atom. The summed E-state index contributed by atoms with van der Waals surface area (Å²) in [7, 11) is 0. The summed E-state index contributed by atoms with van der Waals surface area (Å²) in [4.78, 5) is 28.6. The van der Waals surface area contributed by atoms with E-state index in [1.807, 2.05) is 31.2 Å². The largest absolute Gasteiger partial charge is 0.342 e. The van der Waals surface area contributed by atoms with Crippen molar-refractivity contribution in [2.45, 2.75) is 30.1 Å². The van der Waals surface area contributed by atoms with Crippen LogP contribution in [0.3, 0.4) is 0 Å². The molecule has 2 atom stereocenters. The van der Waals surface area contributed by atoms with Crippen LogP contribution in [0.2, 0.25) is 0 Å². The molecule has 0 spiro atoms. The van der Waals surface area contributed by atoms with Gasteiger partial charge in [-0.25, -0.2) is 0 Å². The summed E-state index contributed by atoms with van der Waals surface area (Å²) in [5.41, 5.74) is 1.26. The number of nitrogens with one attached hydrogen (secondary N) is 1. The van der Waals surface area contributed by atoms with Gasteiger partial charge >= 0.3 is 0 Å². The van der Waals surface area contributed by atoms with Crippen LogP contribution >= 0.6 is 27.5 Å². The molecule has 0 aliphatic carbocycles. The van der Waals surface area contributed by atoms with Crippen molar-refractivity contribution in [1.29, 1.82) is 0 Å². The van der Waals surface area contributed by atoms with Crippen LogP contribution in [0.15, 0.2) is 36.5 Å². The molecule has 0 radical (unpaired) electrons. The van der Waals surface area contributed by atoms with Crippen LogP contribution in [-0.2, 0) is 4.79 Å². The predicted molar refractivity (Wildman–Crippen MR) is 91.5 cm³/mol. The molecule has 0 saturated carbocycles. The fourth-order valence-corrected chi connectivity index (χ4v) is 2.61. The average molecular weight is 384 g/mol. The second kappa shape index (κ2) is 7.70. The topological polar surface area (TPSA) is 59.1 Å². The molecule has 0 aliphatic rings. The number of alkyl halides is 2. The fraction of sp³-hybridized carbons (Fsp3) is 0.312. The van der Waals surface area contributed by atoms with Crippen LogP contribution in [-0.4, -0.2) is 27.0 Å². The number of nitrogens with zero attached hydrogens (tertiary/aromatic N) is 1. The monoisotopic (exact) mass is 382 g/mol. The van der Waals surface area contributed by atoms with E-state index in [0.717, 1.165) is 10.9 Å². The van der Waals surface area contributed by atoms with Gasteiger partial charge in [0.15, 0.2) is 5.78 Å². The number of amides is 1. The van der Waals surface area contributed by atoms with E-state index in [-0.39, 0.29) is 18.1 Å². The van der Waals surface area contributed by atoms with Gasteiger partial charge in [0.1, 0.15) is 0 Å². The molecule has 0 fully saturated rings. The summed E-state index contributed by atoms with van der Waals surface area (Å²) < 4.78 is -0.423. The molecular formula is C16H16BrClN2O2. The van der Waals surface area contributed by atoms with Gasteiger partial charge in [-0.15, -0.1) is 11.6 Å². The molecule has 2 unspecified atom stereocenters. The van der Waals surface area contributed by atoms with Gasteiger partial charge in [-0.3, -0.25) is 14.6 Å². The van der Waals surface area contributed by atoms with Gasteiger partial charge in [0.25, 0.3) is 5.91 Å². The molecule has 1 aromatic carbocycles. The van der Waals surface area contributed by atoms with E-state index in [0.29, 0.717) is 12.0 Å². The number of hydrogen-bond donors (Lipinski definition) is 1. The lowest BCUT2D eigenvalue weighted by molar-refractivity contribution is -0.120. The van der Waals surface area contributed by atoms with Crippen LogP contribution in [0.5, 0.6) is 0 Å². The first-order valence-electron chi connectivity index (χ1n) is 6.97. The summed E-state index contributed by atoms with van der Waals surface area (Å²) in [6.45, 7) is 1.85. The Bertz CT molecular complexity index is 691. The molecule has 22 heavy (non-hydrogen) atoms. The minimum absolute atomic E-state index is 0.0959. The van der Waals surface area contributed by atoms with Crippen LogP contribution in [0.4, 0.5) is 0 Å². The maximum atomic E-state index is 12.3. The number of rotatable bonds is 6. The number of hydrogen-bond acceptors (Lipinski definition) is 3. The predicted octanol–water partition coefficient (Wildman–Crippen LogP) is 3.66. The molecule has 0 bridgehead atoms. The smallest absolute Gasteiger partial charge is 0.253 e. The van der Waals surface area contributed by atoms with E-state index in [9.17, 15) is 9.59 Å². The average Bonchev–Trinajstić information content (AvgIpc) is 2.51. The minimum atomic E-state index is -0.544. The van der Waals surface area contributed by atoms with Gasteiger partial charge in [0.05, 0.1) is 21.4 Å². The SMILES string of the molecule is CCC(NC(=O)c1cnc2ccccc2c1)C(=O)CC(Cl)Br. The van der Waals surface area contributed by atoms with Crippen molar-refractivity contribution in [2.75, 3.05) is 0 Å². The lowest BCUT2D eigenvalue weighted by atomic mass is 10.1. The van der Waals surface area contributed by atoms with E-state index in [1.165, 1.54) is 6.20 Å². The number of benzene rings is 1. The third-order valence-corrected chi connectivity index (χ3v) is 3.79. The number of fused-ring (bicyclic) bond motifs is 1. The Balaban J connectivity index is 2.13. The van der Waals surface area contributed by atoms with E-state index in [4.69, 9.17) is 11.6 Å². The number of halogens is 2. The first kappa shape index (κ1) is 16.9. The van der Waals surface area contributed by atoms with Crippen LogP contribution in [0, 0.1) is 0 Å². The third-order valence-electron chi connectivity index (χ3n) is 3.31. The summed E-state index contributed by atoms with van der Waals surface area (Å²) >= 11 is 8.90. The van der Waals surface area contributed by atoms with E-state index >= 15 is 0 Å². The van der Waals surface area contributed by atoms with E-state index < -0.39 is 10.3 Å². The first-order valence-corrected chi connectivity index (χ1v) is 8.33. The van der Waals surface area contributed by atoms with Gasteiger partial charge in [-0.2, -0.15) is 0 Å². The van der Waals surface area contributed by atoms with Gasteiger partial charge in [-0.05, 0) is 18.6 Å². The molecular weight excluding hydrogens is 368 g/mol. The van der Waals surface area contributed by atoms with Crippen LogP contribution < -0.4 is 5.32 Å². The minimum Gasteiger partial charge on any atom is -0.342 e. The quantitative estimate of drug-likeness (QED) is 0.774. The molecule has 6 heteroatoms. The highest BCUT2D eigenvalue weighted by Crippen LogP contribution is 2.15. The zero-order chi connectivity index (χ0) is 16.1. The van der Waals surface area contributed by atoms with E-state index in [2.05, 4.69) is 26.2 Å². The Labute approximate surface area is 142 Å². The first-order chi connectivity index (χ1) is 10.5. The van der Waals surface area contributed by atoms with Crippen molar-refractivity contribution in [3.05, 3.63) is 42.1 Å². The second-order valence-corrected chi connectivity index (χ2v) is 7.07. The van der Waals surface area contributed by atoms with Crippen LogP contribution in [0.25, 0.3) is 10.9 Å². The van der Waals surface area contributed by atoms with Crippen molar-refractivity contribution >= 4 is 50.1 Å². The number of aromatic nitrogens is 1. The molecule has 1 N–H and O–H groups in total. The number of carbonyl (C=O) groups is 2. The lowest BCUT2D eigenvalue weighted by Crippen LogP contribution is -2.40. The molecule has 1 aromatic heterocycles. The molecule has 2 rings (SSSR count). The zero-order valence-electron chi connectivity index (χ0n) is 12.1. The number of para-hydroxylation sites is 1. The maximum Gasteiger partial charge on any atom is 0.253 e. The Morgan fingerprint density at radius 2 is 2.09 bits per heavy atom. The van der Waals surface area contributed by atoms with E-state index in [1.54, 1.807) is 6.07 Å². The summed E-state index contributed by atoms with van der Waals surface area (Å²) in [6, 6.07) is 8.78. The Hall–Kier alpha value is -1.46. The van der Waals surface area contributed by atoms with Crippen LogP contribution in [0.1, 0.15) is 30.1 Å². The molecule has 1 amide bonds. The summed E-state index contributed by atoms with van der Waals surface area (Å²) in [5, 5.41) is 3.63. The van der Waals surface area contributed by atoms with Crippen molar-refractivity contribution in [3.8, 4) is 0 Å². The Kier molecular flexibility index (Phi) is 5.91. The van der Waals surface area contributed by atoms with Gasteiger partial charge in [0, 0.05) is 18.0 Å². The van der Waals surface area contributed by atoms with Crippen molar-refractivity contribution in [3.63, 3.8) is 0 Å². The standard InChI is InChI=1S/C16H16BrClN2O2/c1-2-12(14(21)8-15(17)18)20-16(22)11-7-10-5-3-4-6-13(10)19-9-11/h3-7,9,12,15H,2,8H2,1H3,(H,20,22). The molecule has 0 saturated heterocycles. The van der Waals surface area contributed by atoms with Crippen molar-refractivity contribution in [2.24, 2.45) is 0 Å². The molecule has 0 aliphatic heterocycles. The number of ketones is 1. The third kappa shape index (κ3) is 4.27. The molecule has 1 heterocycles. The number of pyridine rings is 1. The highest BCUT2D eigenvalue weighted by atomic mass is 79.9. The fourth-order valence-electron chi connectivity index (χ4n) is 2.14. The highest BCUT2D eigenvalue weighted by molar-refractivity contribution is 9.10. The second-order valence-electron chi connectivity index (χ2n) is 4.91. The Morgan fingerprint density at radius 1 is 1.36 bits per heavy atom. The summed E-state index contributed by atoms with van der Waals surface area (Å²) in [6.07, 6.45) is 2.20. The number of carbonyl (C=O) groups excluding carboxylic acids is 2. The van der Waals surface area contributed by atoms with Gasteiger partial charge in [-0.1, -0.05) is 41.1 Å². The van der Waals surface area contributed by atoms with Gasteiger partial charge in [0.2, 0.25) is 0 Å². The normalized spacial score (nSPS) is 13.6. The molecule has 2 aromatic rings. The van der Waals surface area contributed by atoms with Gasteiger partial charge < -0.3 is 5.32 Å². The zero-order valence-corrected chi connectivity index (χ0v) is 14.4. The highest BCUT2D eigenvalue weighted by Gasteiger charge is 2.21. The molecule has 116 valence electrons. The lowest BCUT2D eigenvalue weighted by Gasteiger charge is -2.16. The molecule has 4 nitrogen and oxygen atoms in total. The number of Topliss-reactive ketones (excluding diaryl/α,β-unsaturated/α-hetero) is 1.